The van der Waals surface area contributed by atoms with Gasteiger partial charge in [0.2, 0.25) is 0 Å². The molecule has 0 radical (unpaired) electrons. The van der Waals surface area contributed by atoms with Crippen LogP contribution < -0.4 is 5.32 Å². The second-order valence-electron chi connectivity index (χ2n) is 3.85. The van der Waals surface area contributed by atoms with E-state index >= 15 is 0 Å². The van der Waals surface area contributed by atoms with E-state index in [1.807, 2.05) is 0 Å². The Morgan fingerprint density at radius 2 is 1.88 bits per heavy atom. The van der Waals surface area contributed by atoms with E-state index in [1.165, 1.54) is 0 Å². The molecule has 0 aromatic heterocycles. The zero-order chi connectivity index (χ0) is 12.4. The highest BCUT2D eigenvalue weighted by atomic mass is 32.2. The third-order valence-electron chi connectivity index (χ3n) is 2.39. The summed E-state index contributed by atoms with van der Waals surface area (Å²) >= 11 is 0.0903. The van der Waals surface area contributed by atoms with Gasteiger partial charge in [-0.25, -0.2) is 0 Å². The van der Waals surface area contributed by atoms with Crippen molar-refractivity contribution in [2.45, 2.75) is 57.5 Å². The van der Waals surface area contributed by atoms with Crippen LogP contribution in [0.1, 0.15) is 46.0 Å². The van der Waals surface area contributed by atoms with Crippen molar-refractivity contribution >= 4 is 11.8 Å². The SMILES string of the molecule is CCCNC(CC)CCCCSC(F)(F)F. The van der Waals surface area contributed by atoms with Gasteiger partial charge in [0.15, 0.2) is 0 Å². The molecule has 16 heavy (non-hydrogen) atoms. The number of thioether (sulfide) groups is 1. The molecule has 0 heterocycles. The lowest BCUT2D eigenvalue weighted by Crippen LogP contribution is -2.28. The molecular weight excluding hydrogens is 235 g/mol. The van der Waals surface area contributed by atoms with Crippen LogP contribution in [0.4, 0.5) is 13.2 Å². The minimum atomic E-state index is -4.06. The summed E-state index contributed by atoms with van der Waals surface area (Å²) in [4.78, 5) is 0. The van der Waals surface area contributed by atoms with Crippen molar-refractivity contribution in [2.75, 3.05) is 12.3 Å². The van der Waals surface area contributed by atoms with Gasteiger partial charge in [-0.3, -0.25) is 0 Å². The Morgan fingerprint density at radius 3 is 2.38 bits per heavy atom. The molecule has 0 amide bonds. The predicted molar refractivity (Wildman–Crippen MR) is 64.7 cm³/mol. The molecule has 0 saturated heterocycles. The molecule has 0 rings (SSSR count). The average Bonchev–Trinajstić information content (AvgIpc) is 2.20. The standard InChI is InChI=1S/C11H22F3NS/c1-3-8-15-10(4-2)7-5-6-9-16-11(12,13)14/h10,15H,3-9H2,1-2H3. The lowest BCUT2D eigenvalue weighted by Gasteiger charge is -2.16. The van der Waals surface area contributed by atoms with E-state index < -0.39 is 5.51 Å². The second kappa shape index (κ2) is 9.16. The fourth-order valence-electron chi connectivity index (χ4n) is 1.48. The lowest BCUT2D eigenvalue weighted by molar-refractivity contribution is -0.0328. The van der Waals surface area contributed by atoms with Crippen LogP contribution in [0.25, 0.3) is 0 Å². The average molecular weight is 257 g/mol. The third-order valence-corrected chi connectivity index (χ3v) is 3.21. The summed E-state index contributed by atoms with van der Waals surface area (Å²) in [5.74, 6) is 0.188. The predicted octanol–water partition coefficient (Wildman–Crippen LogP) is 4.19. The van der Waals surface area contributed by atoms with Crippen LogP contribution in [0.15, 0.2) is 0 Å². The molecule has 0 fully saturated rings. The van der Waals surface area contributed by atoms with E-state index in [0.717, 1.165) is 32.2 Å². The summed E-state index contributed by atoms with van der Waals surface area (Å²) < 4.78 is 35.5. The Labute approximate surface area is 101 Å². The molecule has 1 unspecified atom stereocenters. The third kappa shape index (κ3) is 10.6. The molecule has 0 saturated carbocycles. The van der Waals surface area contributed by atoms with Crippen LogP contribution >= 0.6 is 11.8 Å². The van der Waals surface area contributed by atoms with Gasteiger partial charge in [0, 0.05) is 11.8 Å². The molecule has 0 spiro atoms. The molecule has 98 valence electrons. The summed E-state index contributed by atoms with van der Waals surface area (Å²) in [5, 5.41) is 3.40. The van der Waals surface area contributed by atoms with Crippen molar-refractivity contribution in [1.29, 1.82) is 0 Å². The molecule has 0 aromatic carbocycles. The van der Waals surface area contributed by atoms with Gasteiger partial charge in [-0.05, 0) is 32.2 Å². The molecular formula is C11H22F3NS. The minimum absolute atomic E-state index is 0.0903. The van der Waals surface area contributed by atoms with Crippen LogP contribution in [0, 0.1) is 0 Å². The fourth-order valence-corrected chi connectivity index (χ4v) is 2.06. The highest BCUT2D eigenvalue weighted by molar-refractivity contribution is 8.00. The first-order valence-corrected chi connectivity index (χ1v) is 6.92. The normalized spacial score (nSPS) is 14.1. The lowest BCUT2D eigenvalue weighted by atomic mass is 10.1. The summed E-state index contributed by atoms with van der Waals surface area (Å²) in [6.45, 7) is 5.22. The first kappa shape index (κ1) is 16.1. The van der Waals surface area contributed by atoms with E-state index in [2.05, 4.69) is 19.2 Å². The van der Waals surface area contributed by atoms with E-state index in [9.17, 15) is 13.2 Å². The smallest absolute Gasteiger partial charge is 0.314 e. The maximum Gasteiger partial charge on any atom is 0.441 e. The van der Waals surface area contributed by atoms with Gasteiger partial charge in [-0.2, -0.15) is 13.2 Å². The summed E-state index contributed by atoms with van der Waals surface area (Å²) in [6.07, 6.45) is 4.65. The topological polar surface area (TPSA) is 12.0 Å². The molecule has 0 aromatic rings. The number of halogens is 3. The van der Waals surface area contributed by atoms with Crippen molar-refractivity contribution in [3.05, 3.63) is 0 Å². The van der Waals surface area contributed by atoms with Gasteiger partial charge in [0.25, 0.3) is 0 Å². The Hall–Kier alpha value is 0.100. The summed E-state index contributed by atoms with van der Waals surface area (Å²) in [7, 11) is 0. The Morgan fingerprint density at radius 1 is 1.19 bits per heavy atom. The van der Waals surface area contributed by atoms with Gasteiger partial charge in [-0.15, -0.1) is 0 Å². The van der Waals surface area contributed by atoms with Crippen molar-refractivity contribution in [2.24, 2.45) is 0 Å². The highest BCUT2D eigenvalue weighted by Gasteiger charge is 2.27. The van der Waals surface area contributed by atoms with Crippen molar-refractivity contribution in [3.8, 4) is 0 Å². The van der Waals surface area contributed by atoms with Gasteiger partial charge in [0.05, 0.1) is 0 Å². The Kier molecular flexibility index (Phi) is 9.22. The number of nitrogens with one attached hydrogen (secondary N) is 1. The zero-order valence-electron chi connectivity index (χ0n) is 10.1. The monoisotopic (exact) mass is 257 g/mol. The van der Waals surface area contributed by atoms with Crippen molar-refractivity contribution in [3.63, 3.8) is 0 Å². The molecule has 0 aliphatic carbocycles. The maximum absolute atomic E-state index is 11.8. The van der Waals surface area contributed by atoms with Crippen molar-refractivity contribution in [1.82, 2.24) is 5.32 Å². The van der Waals surface area contributed by atoms with Gasteiger partial charge in [0.1, 0.15) is 0 Å². The number of hydrogen-bond acceptors (Lipinski definition) is 2. The van der Waals surface area contributed by atoms with Crippen LogP contribution in [0.5, 0.6) is 0 Å². The van der Waals surface area contributed by atoms with Gasteiger partial charge >= 0.3 is 5.51 Å². The zero-order valence-corrected chi connectivity index (χ0v) is 10.9. The van der Waals surface area contributed by atoms with Crippen LogP contribution in [0.2, 0.25) is 0 Å². The number of hydrogen-bond donors (Lipinski definition) is 1. The largest absolute Gasteiger partial charge is 0.441 e. The maximum atomic E-state index is 11.8. The van der Waals surface area contributed by atoms with Crippen molar-refractivity contribution < 1.29 is 13.2 Å². The van der Waals surface area contributed by atoms with Gasteiger partial charge in [-0.1, -0.05) is 32.0 Å². The first-order valence-electron chi connectivity index (χ1n) is 5.93. The minimum Gasteiger partial charge on any atom is -0.314 e. The molecule has 0 aliphatic rings. The quantitative estimate of drug-likeness (QED) is 0.622. The van der Waals surface area contributed by atoms with Crippen LogP contribution in [0.3, 0.4) is 0 Å². The molecule has 0 bridgehead atoms. The Balaban J connectivity index is 3.41. The Bertz CT molecular complexity index is 162. The number of rotatable bonds is 9. The first-order chi connectivity index (χ1) is 7.49. The van der Waals surface area contributed by atoms with E-state index in [0.29, 0.717) is 12.5 Å². The van der Waals surface area contributed by atoms with E-state index in [-0.39, 0.29) is 17.5 Å². The summed E-state index contributed by atoms with van der Waals surface area (Å²) in [5.41, 5.74) is -4.06. The van der Waals surface area contributed by atoms with Gasteiger partial charge < -0.3 is 5.32 Å². The highest BCUT2D eigenvalue weighted by Crippen LogP contribution is 2.30. The molecule has 5 heteroatoms. The number of alkyl halides is 3. The van der Waals surface area contributed by atoms with Crippen LogP contribution in [-0.2, 0) is 0 Å². The molecule has 1 atom stereocenters. The summed E-state index contributed by atoms with van der Waals surface area (Å²) in [6, 6.07) is 0.468. The second-order valence-corrected chi connectivity index (χ2v) is 5.01. The fraction of sp³-hybridized carbons (Fsp3) is 1.00. The van der Waals surface area contributed by atoms with E-state index in [1.54, 1.807) is 0 Å². The molecule has 1 N–H and O–H groups in total. The van der Waals surface area contributed by atoms with Crippen LogP contribution in [-0.4, -0.2) is 23.8 Å². The molecule has 1 nitrogen and oxygen atoms in total. The van der Waals surface area contributed by atoms with E-state index in [4.69, 9.17) is 0 Å². The molecule has 0 aliphatic heterocycles. The number of unbranched alkanes of at least 4 members (excludes halogenated alkanes) is 1.